The third-order valence-electron chi connectivity index (χ3n) is 4.97. The van der Waals surface area contributed by atoms with Crippen molar-refractivity contribution < 1.29 is 4.79 Å². The molecule has 2 aromatic rings. The lowest BCUT2D eigenvalue weighted by molar-refractivity contribution is 0.00878. The number of nitrogens with one attached hydrogen (secondary N) is 1. The molecule has 0 radical (unpaired) electrons. The van der Waals surface area contributed by atoms with Crippen LogP contribution in [-0.2, 0) is 0 Å². The summed E-state index contributed by atoms with van der Waals surface area (Å²) in [6.07, 6.45) is 1.61. The molecule has 0 unspecified atom stereocenters. The fourth-order valence-electron chi connectivity index (χ4n) is 4.41. The topological polar surface area (TPSA) is 58.4 Å². The standard InChI is InChI=1S/C20H27N3O/c1-19(2)12-15(21)13-20(3,4)23(19)18(24)22-17-11-7-9-14-8-5-6-10-16(14)17/h5-11,15H,12-13,21H2,1-4H3,(H,22,24). The van der Waals surface area contributed by atoms with Crippen LogP contribution in [0.15, 0.2) is 42.5 Å². The Labute approximate surface area is 144 Å². The predicted octanol–water partition coefficient (Wildman–Crippen LogP) is 4.35. The number of piperidine rings is 1. The summed E-state index contributed by atoms with van der Waals surface area (Å²) >= 11 is 0. The quantitative estimate of drug-likeness (QED) is 0.819. The van der Waals surface area contributed by atoms with Crippen LogP contribution in [0.4, 0.5) is 10.5 Å². The first-order chi connectivity index (χ1) is 11.2. The fraction of sp³-hybridized carbons (Fsp3) is 0.450. The average Bonchev–Trinajstić information content (AvgIpc) is 2.44. The fourth-order valence-corrected chi connectivity index (χ4v) is 4.41. The Balaban J connectivity index is 1.93. The molecule has 0 saturated carbocycles. The number of nitrogens with two attached hydrogens (primary N) is 1. The van der Waals surface area contributed by atoms with Gasteiger partial charge in [0.15, 0.2) is 0 Å². The van der Waals surface area contributed by atoms with E-state index in [2.05, 4.69) is 45.1 Å². The minimum Gasteiger partial charge on any atom is -0.328 e. The van der Waals surface area contributed by atoms with E-state index in [1.807, 2.05) is 35.2 Å². The molecule has 2 aromatic carbocycles. The van der Waals surface area contributed by atoms with Gasteiger partial charge >= 0.3 is 6.03 Å². The van der Waals surface area contributed by atoms with E-state index in [1.54, 1.807) is 0 Å². The molecule has 0 bridgehead atoms. The number of rotatable bonds is 1. The summed E-state index contributed by atoms with van der Waals surface area (Å²) in [4.78, 5) is 15.1. The van der Waals surface area contributed by atoms with Gasteiger partial charge in [0.2, 0.25) is 0 Å². The maximum absolute atomic E-state index is 13.1. The number of carbonyl (C=O) groups excluding carboxylic acids is 1. The summed E-state index contributed by atoms with van der Waals surface area (Å²) in [6.45, 7) is 8.37. The van der Waals surface area contributed by atoms with Gasteiger partial charge in [-0.25, -0.2) is 4.79 Å². The van der Waals surface area contributed by atoms with Crippen LogP contribution >= 0.6 is 0 Å². The van der Waals surface area contributed by atoms with Crippen molar-refractivity contribution in [1.82, 2.24) is 4.90 Å². The molecule has 1 heterocycles. The second kappa shape index (κ2) is 5.78. The second-order valence-electron chi connectivity index (χ2n) is 8.09. The van der Waals surface area contributed by atoms with E-state index in [-0.39, 0.29) is 23.2 Å². The summed E-state index contributed by atoms with van der Waals surface area (Å²) < 4.78 is 0. The minimum absolute atomic E-state index is 0.0618. The highest BCUT2D eigenvalue weighted by atomic mass is 16.2. The van der Waals surface area contributed by atoms with E-state index in [9.17, 15) is 4.79 Å². The van der Waals surface area contributed by atoms with Crippen LogP contribution in [0.3, 0.4) is 0 Å². The molecule has 0 aromatic heterocycles. The molecule has 1 aliphatic heterocycles. The molecule has 1 saturated heterocycles. The first kappa shape index (κ1) is 16.8. The number of urea groups is 1. The zero-order chi connectivity index (χ0) is 17.5. The molecule has 0 atom stereocenters. The van der Waals surface area contributed by atoms with E-state index in [0.29, 0.717) is 0 Å². The molecule has 3 N–H and O–H groups in total. The number of fused-ring (bicyclic) bond motifs is 1. The molecule has 1 fully saturated rings. The van der Waals surface area contributed by atoms with Gasteiger partial charge in [-0.2, -0.15) is 0 Å². The Bertz CT molecular complexity index is 743. The Morgan fingerprint density at radius 2 is 1.62 bits per heavy atom. The lowest BCUT2D eigenvalue weighted by atomic mass is 9.77. The van der Waals surface area contributed by atoms with Crippen molar-refractivity contribution in [1.29, 1.82) is 0 Å². The predicted molar refractivity (Wildman–Crippen MR) is 100 cm³/mol. The van der Waals surface area contributed by atoms with Crippen molar-refractivity contribution >= 4 is 22.5 Å². The molecule has 3 rings (SSSR count). The van der Waals surface area contributed by atoms with Crippen LogP contribution in [0.25, 0.3) is 10.8 Å². The van der Waals surface area contributed by atoms with Gasteiger partial charge in [0.1, 0.15) is 0 Å². The van der Waals surface area contributed by atoms with Crippen LogP contribution in [-0.4, -0.2) is 28.1 Å². The first-order valence-corrected chi connectivity index (χ1v) is 8.55. The molecule has 0 aliphatic carbocycles. The maximum atomic E-state index is 13.1. The van der Waals surface area contributed by atoms with E-state index < -0.39 is 0 Å². The molecular formula is C20H27N3O. The Hall–Kier alpha value is -2.07. The van der Waals surface area contributed by atoms with Gasteiger partial charge in [0.25, 0.3) is 0 Å². The lowest BCUT2D eigenvalue weighted by Gasteiger charge is -2.54. The van der Waals surface area contributed by atoms with E-state index >= 15 is 0 Å². The smallest absolute Gasteiger partial charge is 0.322 e. The highest BCUT2D eigenvalue weighted by Gasteiger charge is 2.47. The van der Waals surface area contributed by atoms with E-state index in [1.165, 1.54) is 0 Å². The van der Waals surface area contributed by atoms with Crippen LogP contribution in [0, 0.1) is 0 Å². The number of benzene rings is 2. The third kappa shape index (κ3) is 2.98. The van der Waals surface area contributed by atoms with E-state index in [4.69, 9.17) is 5.73 Å². The van der Waals surface area contributed by atoms with Crippen molar-refractivity contribution in [3.05, 3.63) is 42.5 Å². The molecule has 4 heteroatoms. The van der Waals surface area contributed by atoms with Gasteiger partial charge in [0.05, 0.1) is 5.69 Å². The van der Waals surface area contributed by atoms with Crippen molar-refractivity contribution in [2.75, 3.05) is 5.32 Å². The van der Waals surface area contributed by atoms with E-state index in [0.717, 1.165) is 29.3 Å². The molecule has 0 spiro atoms. The Morgan fingerprint density at radius 3 is 2.29 bits per heavy atom. The largest absolute Gasteiger partial charge is 0.328 e. The summed E-state index contributed by atoms with van der Waals surface area (Å²) in [5.41, 5.74) is 6.50. The van der Waals surface area contributed by atoms with Gasteiger partial charge < -0.3 is 16.0 Å². The van der Waals surface area contributed by atoms with Gasteiger partial charge in [-0.3, -0.25) is 0 Å². The molecule has 128 valence electrons. The second-order valence-corrected chi connectivity index (χ2v) is 8.09. The van der Waals surface area contributed by atoms with Crippen molar-refractivity contribution in [2.45, 2.75) is 57.7 Å². The number of nitrogens with zero attached hydrogens (tertiary/aromatic N) is 1. The number of amides is 2. The van der Waals surface area contributed by atoms with Gasteiger partial charge in [-0.15, -0.1) is 0 Å². The van der Waals surface area contributed by atoms with Gasteiger partial charge in [-0.05, 0) is 52.0 Å². The Morgan fingerprint density at radius 1 is 1.04 bits per heavy atom. The van der Waals surface area contributed by atoms with Crippen LogP contribution in [0.1, 0.15) is 40.5 Å². The molecular weight excluding hydrogens is 298 g/mol. The number of hydrogen-bond acceptors (Lipinski definition) is 2. The van der Waals surface area contributed by atoms with Crippen LogP contribution in [0.2, 0.25) is 0 Å². The summed E-state index contributed by atoms with van der Waals surface area (Å²) in [5.74, 6) is 0. The normalized spacial score (nSPS) is 20.1. The SMILES string of the molecule is CC1(C)CC(N)CC(C)(C)N1C(=O)Nc1cccc2ccccc12. The Kier molecular flexibility index (Phi) is 4.04. The number of anilines is 1. The highest BCUT2D eigenvalue weighted by Crippen LogP contribution is 2.38. The monoisotopic (exact) mass is 325 g/mol. The van der Waals surface area contributed by atoms with Crippen molar-refractivity contribution in [3.8, 4) is 0 Å². The van der Waals surface area contributed by atoms with Crippen molar-refractivity contribution in [3.63, 3.8) is 0 Å². The number of carbonyl (C=O) groups is 1. The van der Waals surface area contributed by atoms with Gasteiger partial charge in [-0.1, -0.05) is 36.4 Å². The zero-order valence-corrected chi connectivity index (χ0v) is 15.0. The molecule has 4 nitrogen and oxygen atoms in total. The number of likely N-dealkylation sites (tertiary alicyclic amines) is 1. The molecule has 24 heavy (non-hydrogen) atoms. The summed E-state index contributed by atoms with van der Waals surface area (Å²) in [6, 6.07) is 14.1. The van der Waals surface area contributed by atoms with Crippen LogP contribution in [0.5, 0.6) is 0 Å². The van der Waals surface area contributed by atoms with Crippen LogP contribution < -0.4 is 11.1 Å². The molecule has 2 amide bonds. The zero-order valence-electron chi connectivity index (χ0n) is 15.0. The van der Waals surface area contributed by atoms with Gasteiger partial charge in [0, 0.05) is 22.5 Å². The third-order valence-corrected chi connectivity index (χ3v) is 4.97. The summed E-state index contributed by atoms with van der Waals surface area (Å²) in [7, 11) is 0. The van der Waals surface area contributed by atoms with Crippen molar-refractivity contribution in [2.24, 2.45) is 5.73 Å². The highest BCUT2D eigenvalue weighted by molar-refractivity contribution is 6.01. The first-order valence-electron chi connectivity index (χ1n) is 8.55. The summed E-state index contributed by atoms with van der Waals surface area (Å²) in [5, 5.41) is 5.30. The lowest BCUT2D eigenvalue weighted by Crippen LogP contribution is -2.66. The average molecular weight is 325 g/mol. The molecule has 1 aliphatic rings. The minimum atomic E-state index is -0.282. The number of hydrogen-bond donors (Lipinski definition) is 2. The maximum Gasteiger partial charge on any atom is 0.322 e.